The van der Waals surface area contributed by atoms with Gasteiger partial charge in [-0.3, -0.25) is 4.90 Å². The molecule has 1 heterocycles. The Bertz CT molecular complexity index is 873. The fraction of sp³-hybridized carbons (Fsp3) is 0.455. The van der Waals surface area contributed by atoms with Crippen LogP contribution in [0.25, 0.3) is 0 Å². The van der Waals surface area contributed by atoms with Gasteiger partial charge in [0.05, 0.1) is 12.0 Å². The summed E-state index contributed by atoms with van der Waals surface area (Å²) in [6, 6.07) is 15.4. The lowest BCUT2D eigenvalue weighted by atomic mass is 9.99. The van der Waals surface area contributed by atoms with Crippen LogP contribution in [0.2, 0.25) is 0 Å². The monoisotopic (exact) mass is 402 g/mol. The summed E-state index contributed by atoms with van der Waals surface area (Å²) in [7, 11) is -1.77. The van der Waals surface area contributed by atoms with Crippen molar-refractivity contribution in [1.29, 1.82) is 0 Å². The maximum Gasteiger partial charge on any atom is 0.243 e. The first-order chi connectivity index (χ1) is 13.4. The minimum atomic E-state index is -3.43. The molecule has 1 fully saturated rings. The van der Waals surface area contributed by atoms with Gasteiger partial charge >= 0.3 is 0 Å². The van der Waals surface area contributed by atoms with E-state index in [9.17, 15) is 8.42 Å². The third kappa shape index (κ3) is 4.74. The summed E-state index contributed by atoms with van der Waals surface area (Å²) in [5, 5.41) is 0. The normalized spacial score (nSPS) is 17.4. The molecule has 0 amide bonds. The molecule has 1 saturated heterocycles. The van der Waals surface area contributed by atoms with Crippen LogP contribution in [0.1, 0.15) is 37.3 Å². The van der Waals surface area contributed by atoms with E-state index in [0.29, 0.717) is 23.9 Å². The number of nitrogens with zero attached hydrogens (tertiary/aromatic N) is 2. The van der Waals surface area contributed by atoms with E-state index in [2.05, 4.69) is 24.8 Å². The molecule has 0 spiro atoms. The Morgan fingerprint density at radius 2 is 1.71 bits per heavy atom. The lowest BCUT2D eigenvalue weighted by Crippen LogP contribution is -2.48. The number of piperazine rings is 1. The summed E-state index contributed by atoms with van der Waals surface area (Å²) >= 11 is 0. The van der Waals surface area contributed by atoms with Gasteiger partial charge in [0.25, 0.3) is 0 Å². The van der Waals surface area contributed by atoms with Crippen LogP contribution in [0.5, 0.6) is 5.75 Å². The van der Waals surface area contributed by atoms with Crippen molar-refractivity contribution >= 4 is 10.0 Å². The summed E-state index contributed by atoms with van der Waals surface area (Å²) in [6.45, 7) is 7.57. The Labute approximate surface area is 169 Å². The first-order valence-corrected chi connectivity index (χ1v) is 11.3. The zero-order chi connectivity index (χ0) is 20.1. The minimum absolute atomic E-state index is 0.390. The fourth-order valence-corrected chi connectivity index (χ4v) is 4.93. The zero-order valence-electron chi connectivity index (χ0n) is 17.0. The Morgan fingerprint density at radius 1 is 1.04 bits per heavy atom. The molecule has 1 aliphatic rings. The Balaban J connectivity index is 1.61. The Hall–Kier alpha value is -1.89. The summed E-state index contributed by atoms with van der Waals surface area (Å²) < 4.78 is 32.8. The number of rotatable bonds is 7. The van der Waals surface area contributed by atoms with Gasteiger partial charge in [-0.15, -0.1) is 0 Å². The van der Waals surface area contributed by atoms with Crippen molar-refractivity contribution in [3.8, 4) is 5.75 Å². The smallest absolute Gasteiger partial charge is 0.243 e. The molecule has 152 valence electrons. The first-order valence-electron chi connectivity index (χ1n) is 9.89. The molecule has 0 N–H and O–H groups in total. The largest absolute Gasteiger partial charge is 0.497 e. The van der Waals surface area contributed by atoms with E-state index in [0.717, 1.165) is 31.8 Å². The van der Waals surface area contributed by atoms with Gasteiger partial charge in [-0.1, -0.05) is 38.1 Å². The molecule has 2 aromatic rings. The van der Waals surface area contributed by atoms with Crippen LogP contribution in [-0.2, 0) is 16.6 Å². The van der Waals surface area contributed by atoms with Gasteiger partial charge in [-0.2, -0.15) is 4.31 Å². The number of sulfonamides is 1. The van der Waals surface area contributed by atoms with E-state index in [1.54, 1.807) is 23.5 Å². The van der Waals surface area contributed by atoms with E-state index in [1.807, 2.05) is 30.3 Å². The van der Waals surface area contributed by atoms with Gasteiger partial charge in [-0.25, -0.2) is 8.42 Å². The average Bonchev–Trinajstić information content (AvgIpc) is 2.74. The molecule has 1 atom stereocenters. The molecule has 0 aromatic heterocycles. The summed E-state index contributed by atoms with van der Waals surface area (Å²) in [5.74, 6) is 1.29. The molecule has 5 nitrogen and oxygen atoms in total. The highest BCUT2D eigenvalue weighted by molar-refractivity contribution is 7.89. The molecule has 0 unspecified atom stereocenters. The van der Waals surface area contributed by atoms with Gasteiger partial charge in [0.15, 0.2) is 0 Å². The van der Waals surface area contributed by atoms with Gasteiger partial charge in [-0.05, 0) is 47.7 Å². The van der Waals surface area contributed by atoms with Gasteiger partial charge in [0.1, 0.15) is 5.75 Å². The Morgan fingerprint density at radius 3 is 2.32 bits per heavy atom. The van der Waals surface area contributed by atoms with E-state index in [-0.39, 0.29) is 0 Å². The molecular weight excluding hydrogens is 372 g/mol. The van der Waals surface area contributed by atoms with E-state index < -0.39 is 10.0 Å². The molecule has 0 aliphatic carbocycles. The summed E-state index contributed by atoms with van der Waals surface area (Å²) in [6.07, 6.45) is 1.04. The molecule has 0 radical (unpaired) electrons. The van der Waals surface area contributed by atoms with Crippen molar-refractivity contribution in [3.05, 3.63) is 59.7 Å². The quantitative estimate of drug-likeness (QED) is 0.708. The van der Waals surface area contributed by atoms with Crippen LogP contribution < -0.4 is 4.74 Å². The lowest BCUT2D eigenvalue weighted by Gasteiger charge is -2.34. The molecule has 0 saturated carbocycles. The van der Waals surface area contributed by atoms with Crippen LogP contribution >= 0.6 is 0 Å². The molecule has 2 aromatic carbocycles. The van der Waals surface area contributed by atoms with Crippen LogP contribution in [0.4, 0.5) is 0 Å². The SMILES string of the molecule is CC[C@H](C)c1ccc(S(=O)(=O)N2CCN(Cc3cccc(OC)c3)CC2)cc1. The number of benzene rings is 2. The van der Waals surface area contributed by atoms with Gasteiger partial charge in [0.2, 0.25) is 10.0 Å². The van der Waals surface area contributed by atoms with E-state index in [4.69, 9.17) is 4.74 Å². The summed E-state index contributed by atoms with van der Waals surface area (Å²) in [5.41, 5.74) is 2.36. The third-order valence-electron chi connectivity index (χ3n) is 5.57. The van der Waals surface area contributed by atoms with Crippen LogP contribution in [0.15, 0.2) is 53.4 Å². The van der Waals surface area contributed by atoms with Crippen molar-refractivity contribution in [2.75, 3.05) is 33.3 Å². The Kier molecular flexibility index (Phi) is 6.75. The van der Waals surface area contributed by atoms with Crippen molar-refractivity contribution in [1.82, 2.24) is 9.21 Å². The van der Waals surface area contributed by atoms with Crippen LogP contribution in [0.3, 0.4) is 0 Å². The third-order valence-corrected chi connectivity index (χ3v) is 7.48. The zero-order valence-corrected chi connectivity index (χ0v) is 17.8. The number of ether oxygens (including phenoxy) is 1. The summed E-state index contributed by atoms with van der Waals surface area (Å²) in [4.78, 5) is 2.67. The molecular formula is C22H30N2O3S. The first kappa shape index (κ1) is 20.8. The molecule has 0 bridgehead atoms. The van der Waals surface area contributed by atoms with E-state index in [1.165, 1.54) is 11.1 Å². The highest BCUT2D eigenvalue weighted by atomic mass is 32.2. The average molecular weight is 403 g/mol. The maximum atomic E-state index is 13.0. The molecule has 1 aliphatic heterocycles. The van der Waals surface area contributed by atoms with Crippen LogP contribution in [0, 0.1) is 0 Å². The molecule has 28 heavy (non-hydrogen) atoms. The highest BCUT2D eigenvalue weighted by Gasteiger charge is 2.28. The fourth-order valence-electron chi connectivity index (χ4n) is 3.51. The topological polar surface area (TPSA) is 49.9 Å². The number of hydrogen-bond donors (Lipinski definition) is 0. The predicted octanol–water partition coefficient (Wildman–Crippen LogP) is 3.72. The van der Waals surface area contributed by atoms with Crippen LogP contribution in [-0.4, -0.2) is 50.9 Å². The number of hydrogen-bond acceptors (Lipinski definition) is 4. The predicted molar refractivity (Wildman–Crippen MR) is 112 cm³/mol. The van der Waals surface area contributed by atoms with Crippen molar-refractivity contribution < 1.29 is 13.2 Å². The minimum Gasteiger partial charge on any atom is -0.497 e. The second-order valence-corrected chi connectivity index (χ2v) is 9.35. The van der Waals surface area contributed by atoms with Gasteiger partial charge < -0.3 is 4.74 Å². The second-order valence-electron chi connectivity index (χ2n) is 7.41. The number of methoxy groups -OCH3 is 1. The molecule has 3 rings (SSSR count). The molecule has 6 heteroatoms. The van der Waals surface area contributed by atoms with E-state index >= 15 is 0 Å². The van der Waals surface area contributed by atoms with Crippen molar-refractivity contribution in [2.24, 2.45) is 0 Å². The van der Waals surface area contributed by atoms with Gasteiger partial charge in [0, 0.05) is 32.7 Å². The standard InChI is InChI=1S/C22H30N2O3S/c1-4-18(2)20-8-10-22(11-9-20)28(25,26)24-14-12-23(13-15-24)17-19-6-5-7-21(16-19)27-3/h5-11,16,18H,4,12-15,17H2,1-3H3/t18-/m0/s1. The van der Waals surface area contributed by atoms with Crippen molar-refractivity contribution in [2.45, 2.75) is 37.6 Å². The second kappa shape index (κ2) is 9.07. The van der Waals surface area contributed by atoms with Crippen molar-refractivity contribution in [3.63, 3.8) is 0 Å². The maximum absolute atomic E-state index is 13.0. The highest BCUT2D eigenvalue weighted by Crippen LogP contribution is 2.23. The lowest BCUT2D eigenvalue weighted by molar-refractivity contribution is 0.181.